The molecular weight excluding hydrogens is 460 g/mol. The van der Waals surface area contributed by atoms with Crippen LogP contribution in [0, 0.1) is 0 Å². The monoisotopic (exact) mass is 478 g/mol. The SMILES string of the molecule is C=C(C)CN=C(N)NCCCOc1ncc(C(F)(F)F)cc1Cl.I. The molecule has 1 aromatic rings. The Morgan fingerprint density at radius 2 is 2.17 bits per heavy atom. The van der Waals surface area contributed by atoms with Gasteiger partial charge in [0.05, 0.1) is 18.7 Å². The van der Waals surface area contributed by atoms with Gasteiger partial charge in [0.25, 0.3) is 0 Å². The van der Waals surface area contributed by atoms with E-state index in [9.17, 15) is 13.2 Å². The van der Waals surface area contributed by atoms with Gasteiger partial charge in [-0.15, -0.1) is 24.0 Å². The molecule has 0 aromatic carbocycles. The number of nitrogens with one attached hydrogen (secondary N) is 1. The molecule has 1 aromatic heterocycles. The highest BCUT2D eigenvalue weighted by Gasteiger charge is 2.31. The molecule has 0 bridgehead atoms. The van der Waals surface area contributed by atoms with Crippen LogP contribution >= 0.6 is 35.6 Å². The number of pyridine rings is 1. The molecule has 0 amide bonds. The van der Waals surface area contributed by atoms with Crippen molar-refractivity contribution in [2.75, 3.05) is 19.7 Å². The molecule has 3 N–H and O–H groups in total. The lowest BCUT2D eigenvalue weighted by Gasteiger charge is -2.10. The van der Waals surface area contributed by atoms with E-state index in [0.717, 1.165) is 11.6 Å². The summed E-state index contributed by atoms with van der Waals surface area (Å²) in [5.74, 6) is 0.252. The second-order valence-corrected chi connectivity index (χ2v) is 5.20. The van der Waals surface area contributed by atoms with E-state index in [1.54, 1.807) is 0 Å². The average Bonchev–Trinajstić information content (AvgIpc) is 2.45. The van der Waals surface area contributed by atoms with Gasteiger partial charge in [0.1, 0.15) is 5.02 Å². The van der Waals surface area contributed by atoms with E-state index in [1.165, 1.54) is 0 Å². The van der Waals surface area contributed by atoms with Crippen molar-refractivity contribution in [3.05, 3.63) is 35.0 Å². The summed E-state index contributed by atoms with van der Waals surface area (Å²) in [4.78, 5) is 7.60. The highest BCUT2D eigenvalue weighted by molar-refractivity contribution is 14.0. The first kappa shape index (κ1) is 22.8. The number of nitrogens with two attached hydrogens (primary N) is 1. The van der Waals surface area contributed by atoms with E-state index in [2.05, 4.69) is 21.9 Å². The Morgan fingerprint density at radius 1 is 1.50 bits per heavy atom. The van der Waals surface area contributed by atoms with Crippen molar-refractivity contribution in [1.82, 2.24) is 10.3 Å². The fraction of sp³-hybridized carbons (Fsp3) is 0.429. The highest BCUT2D eigenvalue weighted by Crippen LogP contribution is 2.33. The molecule has 0 aliphatic rings. The van der Waals surface area contributed by atoms with Crippen molar-refractivity contribution in [1.29, 1.82) is 0 Å². The second-order valence-electron chi connectivity index (χ2n) is 4.80. The fourth-order valence-corrected chi connectivity index (χ4v) is 1.64. The van der Waals surface area contributed by atoms with E-state index >= 15 is 0 Å². The van der Waals surface area contributed by atoms with E-state index in [-0.39, 0.29) is 41.5 Å². The molecule has 24 heavy (non-hydrogen) atoms. The van der Waals surface area contributed by atoms with Gasteiger partial charge in [0.15, 0.2) is 5.96 Å². The summed E-state index contributed by atoms with van der Waals surface area (Å²) in [7, 11) is 0. The van der Waals surface area contributed by atoms with Gasteiger partial charge in [-0.2, -0.15) is 13.2 Å². The zero-order valence-corrected chi connectivity index (χ0v) is 16.1. The molecule has 0 aliphatic heterocycles. The normalized spacial score (nSPS) is 11.6. The number of aromatic nitrogens is 1. The van der Waals surface area contributed by atoms with Gasteiger partial charge in [0, 0.05) is 12.7 Å². The van der Waals surface area contributed by atoms with Gasteiger partial charge in [-0.25, -0.2) is 9.98 Å². The molecule has 0 unspecified atom stereocenters. The Hall–Kier alpha value is -1.23. The van der Waals surface area contributed by atoms with Crippen LogP contribution in [0.1, 0.15) is 18.9 Å². The smallest absolute Gasteiger partial charge is 0.417 e. The van der Waals surface area contributed by atoms with Gasteiger partial charge in [0.2, 0.25) is 5.88 Å². The van der Waals surface area contributed by atoms with Crippen LogP contribution in [0.15, 0.2) is 29.4 Å². The number of halogens is 5. The molecule has 0 atom stereocenters. The minimum absolute atomic E-state index is 0. The summed E-state index contributed by atoms with van der Waals surface area (Å²) < 4.78 is 42.6. The van der Waals surface area contributed by atoms with E-state index < -0.39 is 11.7 Å². The predicted octanol–water partition coefficient (Wildman–Crippen LogP) is 3.62. The van der Waals surface area contributed by atoms with Crippen molar-refractivity contribution >= 4 is 41.5 Å². The molecule has 0 spiro atoms. The van der Waals surface area contributed by atoms with Crippen LogP contribution in [-0.4, -0.2) is 30.6 Å². The molecular formula is C14H19ClF3IN4O. The second kappa shape index (κ2) is 10.6. The van der Waals surface area contributed by atoms with Gasteiger partial charge < -0.3 is 15.8 Å². The van der Waals surface area contributed by atoms with Crippen LogP contribution in [0.5, 0.6) is 5.88 Å². The minimum Gasteiger partial charge on any atom is -0.477 e. The molecule has 0 saturated carbocycles. The number of hydrogen-bond donors (Lipinski definition) is 2. The summed E-state index contributed by atoms with van der Waals surface area (Å²) in [6.45, 7) is 6.69. The third kappa shape index (κ3) is 8.57. The predicted molar refractivity (Wildman–Crippen MR) is 99.1 cm³/mol. The lowest BCUT2D eigenvalue weighted by atomic mass is 10.3. The van der Waals surface area contributed by atoms with Crippen molar-refractivity contribution in [3.63, 3.8) is 0 Å². The maximum Gasteiger partial charge on any atom is 0.417 e. The van der Waals surface area contributed by atoms with Crippen LogP contribution in [0.25, 0.3) is 0 Å². The molecule has 136 valence electrons. The average molecular weight is 479 g/mol. The largest absolute Gasteiger partial charge is 0.477 e. The lowest BCUT2D eigenvalue weighted by Crippen LogP contribution is -2.33. The fourth-order valence-electron chi connectivity index (χ4n) is 1.42. The van der Waals surface area contributed by atoms with E-state index in [4.69, 9.17) is 22.1 Å². The van der Waals surface area contributed by atoms with Crippen LogP contribution < -0.4 is 15.8 Å². The van der Waals surface area contributed by atoms with E-state index in [0.29, 0.717) is 31.7 Å². The quantitative estimate of drug-likeness (QED) is 0.206. The highest BCUT2D eigenvalue weighted by atomic mass is 127. The third-order valence-corrected chi connectivity index (χ3v) is 2.79. The topological polar surface area (TPSA) is 72.5 Å². The zero-order chi connectivity index (χ0) is 17.5. The van der Waals surface area contributed by atoms with Gasteiger partial charge in [-0.1, -0.05) is 23.8 Å². The first-order valence-corrected chi connectivity index (χ1v) is 7.11. The summed E-state index contributed by atoms with van der Waals surface area (Å²) >= 11 is 5.72. The first-order chi connectivity index (χ1) is 10.7. The van der Waals surface area contributed by atoms with Crippen molar-refractivity contribution in [3.8, 4) is 5.88 Å². The van der Waals surface area contributed by atoms with Crippen molar-refractivity contribution in [2.24, 2.45) is 10.7 Å². The summed E-state index contributed by atoms with van der Waals surface area (Å²) in [6.07, 6.45) is -3.26. The van der Waals surface area contributed by atoms with Crippen molar-refractivity contribution in [2.45, 2.75) is 19.5 Å². The van der Waals surface area contributed by atoms with Crippen LogP contribution in [0.2, 0.25) is 5.02 Å². The van der Waals surface area contributed by atoms with Crippen molar-refractivity contribution < 1.29 is 17.9 Å². The van der Waals surface area contributed by atoms with Gasteiger partial charge in [-0.3, -0.25) is 0 Å². The number of alkyl halides is 3. The Kier molecular flexibility index (Phi) is 10.1. The molecule has 0 saturated heterocycles. The summed E-state index contributed by atoms with van der Waals surface area (Å²) in [5.41, 5.74) is 5.59. The minimum atomic E-state index is -4.49. The molecule has 0 aliphatic carbocycles. The van der Waals surface area contributed by atoms with Gasteiger partial charge in [-0.05, 0) is 19.4 Å². The van der Waals surface area contributed by atoms with Crippen LogP contribution in [-0.2, 0) is 6.18 Å². The molecule has 0 radical (unpaired) electrons. The number of aliphatic imine (C=N–C) groups is 1. The maximum atomic E-state index is 12.5. The first-order valence-electron chi connectivity index (χ1n) is 6.74. The Balaban J connectivity index is 0.00000529. The summed E-state index contributed by atoms with van der Waals surface area (Å²) in [5, 5.41) is 2.69. The number of rotatable bonds is 7. The maximum absolute atomic E-state index is 12.5. The molecule has 1 rings (SSSR count). The van der Waals surface area contributed by atoms with Gasteiger partial charge >= 0.3 is 6.18 Å². The number of ether oxygens (including phenoxy) is 1. The molecule has 1 heterocycles. The lowest BCUT2D eigenvalue weighted by molar-refractivity contribution is -0.137. The molecule has 5 nitrogen and oxygen atoms in total. The Bertz CT molecular complexity index is 582. The zero-order valence-electron chi connectivity index (χ0n) is 13.0. The van der Waals surface area contributed by atoms with E-state index in [1.807, 2.05) is 6.92 Å². The standard InChI is InChI=1S/C14H18ClF3N4O.HI/c1-9(2)7-22-13(19)20-4-3-5-23-12-11(15)6-10(8-21-12)14(16,17)18;/h6,8H,1,3-5,7H2,2H3,(H3,19,20,22);1H. The summed E-state index contributed by atoms with van der Waals surface area (Å²) in [6, 6.07) is 0.782. The van der Waals surface area contributed by atoms with Crippen LogP contribution in [0.4, 0.5) is 13.2 Å². The Morgan fingerprint density at radius 3 is 2.71 bits per heavy atom. The number of guanidine groups is 1. The third-order valence-electron chi connectivity index (χ3n) is 2.52. The number of hydrogen-bond acceptors (Lipinski definition) is 3. The number of nitrogens with zero attached hydrogens (tertiary/aromatic N) is 2. The molecule has 0 fully saturated rings. The molecule has 10 heteroatoms. The van der Waals surface area contributed by atoms with Crippen LogP contribution in [0.3, 0.4) is 0 Å². The Labute approximate surface area is 160 Å².